The summed E-state index contributed by atoms with van der Waals surface area (Å²) in [5, 5.41) is 3.07. The molecule has 1 heterocycles. The molecule has 2 amide bonds. The standard InChI is InChI=1S/C24H42N2O4S/c1-11-30-22(29)16(4)14-18(15(2)3)26(10)21(28)19(23(5,6)7)25-20(27)17-12-13-31-24(17,8)9/h14-15,17-19H,11-13H2,1-10H3,(H,25,27)/b16-14+/t17?,18-,19-/m1/s1. The first-order valence-electron chi connectivity index (χ1n) is 11.2. The molecule has 31 heavy (non-hydrogen) atoms. The Kier molecular flexibility index (Phi) is 9.67. The van der Waals surface area contributed by atoms with E-state index < -0.39 is 11.5 Å². The van der Waals surface area contributed by atoms with E-state index in [1.54, 1.807) is 43.6 Å². The van der Waals surface area contributed by atoms with Gasteiger partial charge in [0, 0.05) is 17.4 Å². The van der Waals surface area contributed by atoms with Crippen LogP contribution in [0.15, 0.2) is 11.6 Å². The first kappa shape index (κ1) is 27.5. The average Bonchev–Trinajstić information content (AvgIpc) is 3.00. The zero-order valence-corrected chi connectivity index (χ0v) is 21.8. The molecular formula is C24H42N2O4S. The van der Waals surface area contributed by atoms with Crippen LogP contribution in [-0.4, -0.2) is 58.9 Å². The quantitative estimate of drug-likeness (QED) is 0.442. The summed E-state index contributed by atoms with van der Waals surface area (Å²) in [6.07, 6.45) is 2.61. The molecule has 6 nitrogen and oxygen atoms in total. The number of hydrogen-bond acceptors (Lipinski definition) is 5. The van der Waals surface area contributed by atoms with Gasteiger partial charge in [-0.15, -0.1) is 0 Å². The molecule has 0 aromatic heterocycles. The van der Waals surface area contributed by atoms with Gasteiger partial charge in [0.25, 0.3) is 0 Å². The minimum atomic E-state index is -0.663. The van der Waals surface area contributed by atoms with Crippen LogP contribution in [0, 0.1) is 17.3 Å². The third-order valence-electron chi connectivity index (χ3n) is 5.93. The van der Waals surface area contributed by atoms with Gasteiger partial charge in [-0.05, 0) is 51.2 Å². The van der Waals surface area contributed by atoms with Crippen LogP contribution >= 0.6 is 11.8 Å². The van der Waals surface area contributed by atoms with E-state index in [1.807, 2.05) is 34.6 Å². The Bertz CT molecular complexity index is 694. The lowest BCUT2D eigenvalue weighted by molar-refractivity contribution is -0.141. The van der Waals surface area contributed by atoms with Gasteiger partial charge in [0.15, 0.2) is 0 Å². The van der Waals surface area contributed by atoms with E-state index in [-0.39, 0.29) is 40.4 Å². The van der Waals surface area contributed by atoms with Crippen molar-refractivity contribution in [3.8, 4) is 0 Å². The highest BCUT2D eigenvalue weighted by molar-refractivity contribution is 8.00. The van der Waals surface area contributed by atoms with E-state index in [9.17, 15) is 14.4 Å². The lowest BCUT2D eigenvalue weighted by Crippen LogP contribution is -2.58. The van der Waals surface area contributed by atoms with Crippen molar-refractivity contribution in [3.05, 3.63) is 11.6 Å². The van der Waals surface area contributed by atoms with E-state index in [1.165, 1.54) is 0 Å². The summed E-state index contributed by atoms with van der Waals surface area (Å²) >= 11 is 1.80. The highest BCUT2D eigenvalue weighted by Crippen LogP contribution is 2.42. The SMILES string of the molecule is CCOC(=O)/C(C)=C/[C@H](C(C)C)N(C)C(=O)[C@@H](NC(=O)C1CCSC1(C)C)C(C)(C)C. The predicted octanol–water partition coefficient (Wildman–Crippen LogP) is 4.04. The molecule has 1 fully saturated rings. The number of thioether (sulfide) groups is 1. The van der Waals surface area contributed by atoms with Gasteiger partial charge in [0.05, 0.1) is 18.6 Å². The van der Waals surface area contributed by atoms with E-state index in [4.69, 9.17) is 4.74 Å². The molecule has 1 aliphatic rings. The van der Waals surface area contributed by atoms with Crippen molar-refractivity contribution in [2.24, 2.45) is 17.3 Å². The normalized spacial score (nSPS) is 20.9. The third-order valence-corrected chi connectivity index (χ3v) is 7.40. The Morgan fingerprint density at radius 2 is 1.84 bits per heavy atom. The van der Waals surface area contributed by atoms with Crippen molar-refractivity contribution in [2.45, 2.75) is 85.6 Å². The van der Waals surface area contributed by atoms with Gasteiger partial charge in [-0.3, -0.25) is 9.59 Å². The molecule has 7 heteroatoms. The fourth-order valence-corrected chi connectivity index (χ4v) is 5.20. The molecular weight excluding hydrogens is 412 g/mol. The Labute approximate surface area is 192 Å². The second kappa shape index (κ2) is 10.9. The molecule has 0 aliphatic carbocycles. The third kappa shape index (κ3) is 7.26. The number of rotatable bonds is 8. The minimum Gasteiger partial charge on any atom is -0.463 e. The molecule has 0 radical (unpaired) electrons. The van der Waals surface area contributed by atoms with Gasteiger partial charge in [-0.2, -0.15) is 11.8 Å². The van der Waals surface area contributed by atoms with E-state index in [0.717, 1.165) is 12.2 Å². The molecule has 0 bridgehead atoms. The zero-order valence-electron chi connectivity index (χ0n) is 21.0. The van der Waals surface area contributed by atoms with Crippen LogP contribution in [0.25, 0.3) is 0 Å². The molecule has 3 atom stereocenters. The van der Waals surface area contributed by atoms with Gasteiger partial charge in [-0.1, -0.05) is 40.7 Å². The van der Waals surface area contributed by atoms with Crippen molar-refractivity contribution in [1.82, 2.24) is 10.2 Å². The van der Waals surface area contributed by atoms with Crippen molar-refractivity contribution in [2.75, 3.05) is 19.4 Å². The Hall–Kier alpha value is -1.50. The van der Waals surface area contributed by atoms with Crippen LogP contribution < -0.4 is 5.32 Å². The number of ether oxygens (including phenoxy) is 1. The summed E-state index contributed by atoms with van der Waals surface area (Å²) in [4.78, 5) is 40.4. The number of esters is 1. The van der Waals surface area contributed by atoms with E-state index in [0.29, 0.717) is 12.2 Å². The highest BCUT2D eigenvalue weighted by Gasteiger charge is 2.43. The number of likely N-dealkylation sites (N-methyl/N-ethyl adjacent to an activating group) is 1. The Morgan fingerprint density at radius 1 is 1.26 bits per heavy atom. The predicted molar refractivity (Wildman–Crippen MR) is 128 cm³/mol. The monoisotopic (exact) mass is 454 g/mol. The molecule has 1 unspecified atom stereocenters. The lowest BCUT2D eigenvalue weighted by Gasteiger charge is -2.38. The number of carbonyl (C=O) groups excluding carboxylic acids is 3. The fourth-order valence-electron chi connectivity index (χ4n) is 3.90. The van der Waals surface area contributed by atoms with Gasteiger partial charge in [0.1, 0.15) is 6.04 Å². The maximum Gasteiger partial charge on any atom is 0.333 e. The maximum atomic E-state index is 13.6. The van der Waals surface area contributed by atoms with Crippen molar-refractivity contribution in [1.29, 1.82) is 0 Å². The number of hydrogen-bond donors (Lipinski definition) is 1. The van der Waals surface area contributed by atoms with Crippen LogP contribution in [0.4, 0.5) is 0 Å². The van der Waals surface area contributed by atoms with Crippen molar-refractivity contribution >= 4 is 29.5 Å². The minimum absolute atomic E-state index is 0.0592. The van der Waals surface area contributed by atoms with Gasteiger partial charge in [0.2, 0.25) is 11.8 Å². The molecule has 0 aromatic carbocycles. The van der Waals surface area contributed by atoms with Crippen LogP contribution in [0.5, 0.6) is 0 Å². The molecule has 1 rings (SSSR count). The summed E-state index contributed by atoms with van der Waals surface area (Å²) in [6, 6.07) is -0.957. The first-order chi connectivity index (χ1) is 14.1. The summed E-state index contributed by atoms with van der Waals surface area (Å²) < 4.78 is 4.95. The summed E-state index contributed by atoms with van der Waals surface area (Å²) in [6.45, 7) is 17.8. The zero-order chi connectivity index (χ0) is 24.1. The second-order valence-electron chi connectivity index (χ2n) is 10.4. The average molecular weight is 455 g/mol. The molecule has 0 saturated carbocycles. The maximum absolute atomic E-state index is 13.6. The van der Waals surface area contributed by atoms with Crippen LogP contribution in [0.2, 0.25) is 0 Å². The number of nitrogens with zero attached hydrogens (tertiary/aromatic N) is 1. The van der Waals surface area contributed by atoms with Gasteiger partial charge < -0.3 is 15.0 Å². The molecule has 1 N–H and O–H groups in total. The van der Waals surface area contributed by atoms with E-state index in [2.05, 4.69) is 19.2 Å². The highest BCUT2D eigenvalue weighted by atomic mass is 32.2. The van der Waals surface area contributed by atoms with Crippen LogP contribution in [0.1, 0.15) is 68.7 Å². The molecule has 1 saturated heterocycles. The Balaban J connectivity index is 3.13. The van der Waals surface area contributed by atoms with Crippen molar-refractivity contribution in [3.63, 3.8) is 0 Å². The van der Waals surface area contributed by atoms with Gasteiger partial charge >= 0.3 is 5.97 Å². The number of amides is 2. The second-order valence-corrected chi connectivity index (χ2v) is 12.1. The molecule has 0 aromatic rings. The van der Waals surface area contributed by atoms with Crippen LogP contribution in [-0.2, 0) is 19.1 Å². The lowest BCUT2D eigenvalue weighted by atomic mass is 9.83. The summed E-state index contributed by atoms with van der Waals surface area (Å²) in [7, 11) is 1.74. The topological polar surface area (TPSA) is 75.7 Å². The van der Waals surface area contributed by atoms with Gasteiger partial charge in [-0.25, -0.2) is 4.79 Å². The number of carbonyl (C=O) groups is 3. The summed E-state index contributed by atoms with van der Waals surface area (Å²) in [5.41, 5.74) is 0.0134. The van der Waals surface area contributed by atoms with Crippen LogP contribution in [0.3, 0.4) is 0 Å². The molecule has 0 spiro atoms. The molecule has 1 aliphatic heterocycles. The largest absolute Gasteiger partial charge is 0.463 e. The smallest absolute Gasteiger partial charge is 0.333 e. The number of nitrogens with one attached hydrogen (secondary N) is 1. The Morgan fingerprint density at radius 3 is 2.26 bits per heavy atom. The fraction of sp³-hybridized carbons (Fsp3) is 0.792. The van der Waals surface area contributed by atoms with Crippen molar-refractivity contribution < 1.29 is 19.1 Å². The molecule has 178 valence electrons. The summed E-state index contributed by atoms with van der Waals surface area (Å²) in [5.74, 6) is 0.321. The van der Waals surface area contributed by atoms with E-state index >= 15 is 0 Å². The first-order valence-corrected chi connectivity index (χ1v) is 12.2.